The molecule has 0 aromatic heterocycles. The van der Waals surface area contributed by atoms with Crippen molar-refractivity contribution in [2.24, 2.45) is 0 Å². The molecule has 0 spiro atoms. The van der Waals surface area contributed by atoms with Crippen molar-refractivity contribution in [2.75, 3.05) is 39.3 Å². The molecule has 98 valence electrons. The number of fused-ring (bicyclic) bond motifs is 1. The van der Waals surface area contributed by atoms with Crippen LogP contribution in [0, 0.1) is 0 Å². The molecule has 1 N–H and O–H groups in total. The van der Waals surface area contributed by atoms with E-state index in [2.05, 4.69) is 45.4 Å². The van der Waals surface area contributed by atoms with E-state index in [9.17, 15) is 0 Å². The minimum Gasteiger partial charge on any atom is -0.314 e. The van der Waals surface area contributed by atoms with Gasteiger partial charge in [-0.25, -0.2) is 0 Å². The Kier molecular flexibility index (Phi) is 3.93. The molecule has 3 rings (SSSR count). The summed E-state index contributed by atoms with van der Waals surface area (Å²) in [7, 11) is 0. The fourth-order valence-corrected chi connectivity index (χ4v) is 3.15. The highest BCUT2D eigenvalue weighted by Crippen LogP contribution is 2.14. The van der Waals surface area contributed by atoms with E-state index in [1.807, 2.05) is 0 Å². The molecule has 2 aliphatic rings. The van der Waals surface area contributed by atoms with E-state index in [0.717, 1.165) is 19.6 Å². The number of hydrogen-bond acceptors (Lipinski definition) is 3. The van der Waals surface area contributed by atoms with Gasteiger partial charge in [0.15, 0.2) is 0 Å². The van der Waals surface area contributed by atoms with Crippen LogP contribution in [0.4, 0.5) is 0 Å². The van der Waals surface area contributed by atoms with E-state index in [1.54, 1.807) is 0 Å². The van der Waals surface area contributed by atoms with Gasteiger partial charge < -0.3 is 5.32 Å². The maximum atomic E-state index is 3.53. The lowest BCUT2D eigenvalue weighted by Crippen LogP contribution is -2.53. The van der Waals surface area contributed by atoms with Gasteiger partial charge in [0.1, 0.15) is 0 Å². The Morgan fingerprint density at radius 3 is 2.89 bits per heavy atom. The SMILES string of the molecule is c1ccc(CN2CCCN3CCNCC3C2)cc1. The molecule has 3 nitrogen and oxygen atoms in total. The molecule has 1 aromatic rings. The maximum absolute atomic E-state index is 3.53. The second-order valence-corrected chi connectivity index (χ2v) is 5.47. The Bertz CT molecular complexity index is 365. The zero-order valence-corrected chi connectivity index (χ0v) is 11.0. The van der Waals surface area contributed by atoms with Crippen molar-refractivity contribution in [3.8, 4) is 0 Å². The van der Waals surface area contributed by atoms with Crippen LogP contribution in [0.2, 0.25) is 0 Å². The first-order valence-electron chi connectivity index (χ1n) is 7.13. The molecule has 3 heteroatoms. The summed E-state index contributed by atoms with van der Waals surface area (Å²) in [6.07, 6.45) is 1.31. The van der Waals surface area contributed by atoms with Crippen LogP contribution in [0.1, 0.15) is 12.0 Å². The average molecular weight is 245 g/mol. The Morgan fingerprint density at radius 1 is 1.11 bits per heavy atom. The van der Waals surface area contributed by atoms with Gasteiger partial charge in [-0.05, 0) is 25.1 Å². The van der Waals surface area contributed by atoms with Crippen molar-refractivity contribution in [3.63, 3.8) is 0 Å². The Balaban J connectivity index is 1.63. The smallest absolute Gasteiger partial charge is 0.0348 e. The lowest BCUT2D eigenvalue weighted by Gasteiger charge is -2.35. The van der Waals surface area contributed by atoms with Crippen LogP contribution in [-0.2, 0) is 6.54 Å². The molecule has 2 heterocycles. The van der Waals surface area contributed by atoms with Crippen LogP contribution in [0.25, 0.3) is 0 Å². The third-order valence-corrected chi connectivity index (χ3v) is 4.11. The molecule has 2 saturated heterocycles. The van der Waals surface area contributed by atoms with Gasteiger partial charge in [-0.3, -0.25) is 9.80 Å². The lowest BCUT2D eigenvalue weighted by molar-refractivity contribution is 0.147. The highest BCUT2D eigenvalue weighted by atomic mass is 15.3. The summed E-state index contributed by atoms with van der Waals surface area (Å²) in [5.41, 5.74) is 1.44. The highest BCUT2D eigenvalue weighted by Gasteiger charge is 2.26. The van der Waals surface area contributed by atoms with Crippen LogP contribution in [-0.4, -0.2) is 55.1 Å². The van der Waals surface area contributed by atoms with E-state index in [1.165, 1.54) is 38.2 Å². The zero-order chi connectivity index (χ0) is 12.2. The number of benzene rings is 1. The van der Waals surface area contributed by atoms with Gasteiger partial charge in [0, 0.05) is 38.8 Å². The maximum Gasteiger partial charge on any atom is 0.0348 e. The lowest BCUT2D eigenvalue weighted by atomic mass is 10.1. The van der Waals surface area contributed by atoms with E-state index in [4.69, 9.17) is 0 Å². The van der Waals surface area contributed by atoms with Crippen molar-refractivity contribution >= 4 is 0 Å². The van der Waals surface area contributed by atoms with Crippen molar-refractivity contribution in [1.29, 1.82) is 0 Å². The quantitative estimate of drug-likeness (QED) is 0.844. The molecular weight excluding hydrogens is 222 g/mol. The van der Waals surface area contributed by atoms with Crippen LogP contribution in [0.3, 0.4) is 0 Å². The first kappa shape index (κ1) is 12.2. The van der Waals surface area contributed by atoms with Gasteiger partial charge in [0.05, 0.1) is 0 Å². The number of piperazine rings is 1. The topological polar surface area (TPSA) is 18.5 Å². The molecule has 18 heavy (non-hydrogen) atoms. The Morgan fingerprint density at radius 2 is 2.00 bits per heavy atom. The number of rotatable bonds is 2. The summed E-state index contributed by atoms with van der Waals surface area (Å²) in [6.45, 7) is 8.37. The molecule has 0 aliphatic carbocycles. The predicted molar refractivity (Wildman–Crippen MR) is 74.6 cm³/mol. The zero-order valence-electron chi connectivity index (χ0n) is 11.0. The molecule has 0 radical (unpaired) electrons. The average Bonchev–Trinajstić information content (AvgIpc) is 2.61. The summed E-state index contributed by atoms with van der Waals surface area (Å²) < 4.78 is 0. The summed E-state index contributed by atoms with van der Waals surface area (Å²) in [6, 6.07) is 11.6. The van der Waals surface area contributed by atoms with Gasteiger partial charge in [-0.1, -0.05) is 30.3 Å². The summed E-state index contributed by atoms with van der Waals surface area (Å²) in [5, 5.41) is 3.53. The number of hydrogen-bond donors (Lipinski definition) is 1. The standard InChI is InChI=1S/C15H23N3/c1-2-5-14(6-3-1)12-17-8-4-9-18-10-7-16-11-15(18)13-17/h1-3,5-6,15-16H,4,7-13H2. The van der Waals surface area contributed by atoms with Gasteiger partial charge in [-0.15, -0.1) is 0 Å². The van der Waals surface area contributed by atoms with Crippen molar-refractivity contribution in [3.05, 3.63) is 35.9 Å². The van der Waals surface area contributed by atoms with Crippen molar-refractivity contribution in [2.45, 2.75) is 19.0 Å². The minimum atomic E-state index is 0.713. The summed E-state index contributed by atoms with van der Waals surface area (Å²) in [4.78, 5) is 5.29. The fraction of sp³-hybridized carbons (Fsp3) is 0.600. The van der Waals surface area contributed by atoms with E-state index >= 15 is 0 Å². The molecule has 1 aromatic carbocycles. The second-order valence-electron chi connectivity index (χ2n) is 5.47. The second kappa shape index (κ2) is 5.83. The summed E-state index contributed by atoms with van der Waals surface area (Å²) in [5.74, 6) is 0. The van der Waals surface area contributed by atoms with E-state index < -0.39 is 0 Å². The monoisotopic (exact) mass is 245 g/mol. The van der Waals surface area contributed by atoms with Gasteiger partial charge >= 0.3 is 0 Å². The first-order valence-corrected chi connectivity index (χ1v) is 7.13. The number of nitrogens with zero attached hydrogens (tertiary/aromatic N) is 2. The molecule has 2 aliphatic heterocycles. The van der Waals surface area contributed by atoms with E-state index in [0.29, 0.717) is 6.04 Å². The molecule has 1 unspecified atom stereocenters. The molecule has 2 fully saturated rings. The minimum absolute atomic E-state index is 0.713. The summed E-state index contributed by atoms with van der Waals surface area (Å²) >= 11 is 0. The van der Waals surface area contributed by atoms with Crippen molar-refractivity contribution < 1.29 is 0 Å². The molecule has 0 amide bonds. The van der Waals surface area contributed by atoms with Crippen LogP contribution in [0.5, 0.6) is 0 Å². The Labute approximate surface area is 110 Å². The van der Waals surface area contributed by atoms with Crippen LogP contribution in [0.15, 0.2) is 30.3 Å². The molecule has 0 bridgehead atoms. The predicted octanol–water partition coefficient (Wildman–Crippen LogP) is 1.17. The third-order valence-electron chi connectivity index (χ3n) is 4.11. The fourth-order valence-electron chi connectivity index (χ4n) is 3.15. The molecule has 0 saturated carbocycles. The van der Waals surface area contributed by atoms with E-state index in [-0.39, 0.29) is 0 Å². The largest absolute Gasteiger partial charge is 0.314 e. The highest BCUT2D eigenvalue weighted by molar-refractivity contribution is 5.14. The first-order chi connectivity index (χ1) is 8.92. The van der Waals surface area contributed by atoms with Crippen LogP contribution >= 0.6 is 0 Å². The van der Waals surface area contributed by atoms with Gasteiger partial charge in [0.25, 0.3) is 0 Å². The van der Waals surface area contributed by atoms with Gasteiger partial charge in [-0.2, -0.15) is 0 Å². The van der Waals surface area contributed by atoms with Crippen molar-refractivity contribution in [1.82, 2.24) is 15.1 Å². The Hall–Kier alpha value is -0.900. The van der Waals surface area contributed by atoms with Gasteiger partial charge in [0.2, 0.25) is 0 Å². The molecular formula is C15H23N3. The van der Waals surface area contributed by atoms with Crippen LogP contribution < -0.4 is 5.32 Å². The third kappa shape index (κ3) is 2.91. The normalized spacial score (nSPS) is 26.6. The molecule has 1 atom stereocenters. The number of nitrogens with one attached hydrogen (secondary N) is 1.